The second-order valence-electron chi connectivity index (χ2n) is 6.52. The van der Waals surface area contributed by atoms with E-state index >= 15 is 0 Å². The Balaban J connectivity index is 1.46. The zero-order valence-corrected chi connectivity index (χ0v) is 14.2. The van der Waals surface area contributed by atoms with Gasteiger partial charge in [0, 0.05) is 18.7 Å². The van der Waals surface area contributed by atoms with Crippen LogP contribution in [0.1, 0.15) is 22.6 Å². The molecule has 0 N–H and O–H groups in total. The third-order valence-electron chi connectivity index (χ3n) is 4.77. The second kappa shape index (κ2) is 6.76. The molecular formula is C20H20FN3O. The molecule has 0 amide bonds. The molecule has 1 aromatic heterocycles. The Bertz CT molecular complexity index is 863. The molecule has 0 bridgehead atoms. The van der Waals surface area contributed by atoms with Crippen molar-refractivity contribution in [2.45, 2.75) is 26.3 Å². The zero-order chi connectivity index (χ0) is 17.2. The molecule has 2 aromatic carbocycles. The van der Waals surface area contributed by atoms with Gasteiger partial charge in [-0.25, -0.2) is 4.39 Å². The number of benzene rings is 2. The van der Waals surface area contributed by atoms with Crippen molar-refractivity contribution in [1.29, 1.82) is 0 Å². The van der Waals surface area contributed by atoms with Crippen molar-refractivity contribution >= 4 is 0 Å². The van der Waals surface area contributed by atoms with Crippen LogP contribution in [0.15, 0.2) is 47.0 Å². The van der Waals surface area contributed by atoms with Crippen LogP contribution in [-0.2, 0) is 19.4 Å². The van der Waals surface area contributed by atoms with E-state index in [0.717, 1.165) is 25.9 Å². The van der Waals surface area contributed by atoms with Crippen LogP contribution < -0.4 is 0 Å². The Hall–Kier alpha value is -2.53. The molecule has 4 nitrogen and oxygen atoms in total. The van der Waals surface area contributed by atoms with Gasteiger partial charge in [0.2, 0.25) is 11.7 Å². The Labute approximate surface area is 146 Å². The minimum atomic E-state index is -0.255. The van der Waals surface area contributed by atoms with E-state index < -0.39 is 0 Å². The summed E-state index contributed by atoms with van der Waals surface area (Å²) in [5.74, 6) is 0.753. The van der Waals surface area contributed by atoms with Crippen molar-refractivity contribution in [2.24, 2.45) is 0 Å². The highest BCUT2D eigenvalue weighted by Gasteiger charge is 2.17. The highest BCUT2D eigenvalue weighted by molar-refractivity contribution is 5.54. The highest BCUT2D eigenvalue weighted by Crippen LogP contribution is 2.20. The van der Waals surface area contributed by atoms with E-state index in [1.165, 1.54) is 17.2 Å². The number of nitrogens with zero attached hydrogens (tertiary/aromatic N) is 3. The fourth-order valence-corrected chi connectivity index (χ4v) is 3.23. The first kappa shape index (κ1) is 16.0. The van der Waals surface area contributed by atoms with Crippen LogP contribution in [0.2, 0.25) is 0 Å². The Kier molecular flexibility index (Phi) is 4.32. The van der Waals surface area contributed by atoms with Gasteiger partial charge in [-0.1, -0.05) is 41.6 Å². The van der Waals surface area contributed by atoms with Gasteiger partial charge in [0.15, 0.2) is 0 Å². The van der Waals surface area contributed by atoms with Crippen LogP contribution in [0.4, 0.5) is 4.39 Å². The van der Waals surface area contributed by atoms with Crippen LogP contribution in [0.3, 0.4) is 0 Å². The van der Waals surface area contributed by atoms with Gasteiger partial charge >= 0.3 is 0 Å². The number of hydrogen-bond acceptors (Lipinski definition) is 4. The lowest BCUT2D eigenvalue weighted by Gasteiger charge is -2.16. The monoisotopic (exact) mass is 337 g/mol. The van der Waals surface area contributed by atoms with Crippen LogP contribution >= 0.6 is 0 Å². The van der Waals surface area contributed by atoms with Gasteiger partial charge in [-0.3, -0.25) is 4.90 Å². The summed E-state index contributed by atoms with van der Waals surface area (Å²) in [6, 6.07) is 13.6. The molecule has 0 spiro atoms. The van der Waals surface area contributed by atoms with E-state index in [2.05, 4.69) is 39.3 Å². The van der Waals surface area contributed by atoms with Crippen molar-refractivity contribution in [1.82, 2.24) is 15.0 Å². The third-order valence-corrected chi connectivity index (χ3v) is 4.77. The molecule has 0 radical (unpaired) electrons. The van der Waals surface area contributed by atoms with E-state index in [1.807, 2.05) is 6.07 Å². The van der Waals surface area contributed by atoms with Gasteiger partial charge in [-0.05, 0) is 42.5 Å². The molecule has 1 aliphatic heterocycles. The minimum Gasteiger partial charge on any atom is -0.338 e. The van der Waals surface area contributed by atoms with Crippen LogP contribution in [0.25, 0.3) is 11.4 Å². The topological polar surface area (TPSA) is 42.2 Å². The number of aryl methyl sites for hydroxylation is 1. The van der Waals surface area contributed by atoms with E-state index in [0.29, 0.717) is 29.4 Å². The van der Waals surface area contributed by atoms with Gasteiger partial charge in [0.25, 0.3) is 0 Å². The van der Waals surface area contributed by atoms with Gasteiger partial charge in [0.05, 0.1) is 6.54 Å². The molecule has 3 aromatic rings. The maximum atomic E-state index is 13.7. The lowest BCUT2D eigenvalue weighted by Crippen LogP contribution is -2.26. The lowest BCUT2D eigenvalue weighted by atomic mass is 10.0. The van der Waals surface area contributed by atoms with Gasteiger partial charge < -0.3 is 4.52 Å². The van der Waals surface area contributed by atoms with Gasteiger partial charge in [-0.2, -0.15) is 4.98 Å². The minimum absolute atomic E-state index is 0.255. The summed E-state index contributed by atoms with van der Waals surface area (Å²) in [6.07, 6.45) is 2.06. The average molecular weight is 337 g/mol. The van der Waals surface area contributed by atoms with E-state index in [4.69, 9.17) is 4.52 Å². The largest absolute Gasteiger partial charge is 0.338 e. The molecule has 0 aliphatic carbocycles. The lowest BCUT2D eigenvalue weighted by molar-refractivity contribution is 0.235. The Morgan fingerprint density at radius 3 is 2.48 bits per heavy atom. The molecular weight excluding hydrogens is 317 g/mol. The quantitative estimate of drug-likeness (QED) is 0.729. The molecule has 25 heavy (non-hydrogen) atoms. The Morgan fingerprint density at radius 2 is 1.80 bits per heavy atom. The van der Waals surface area contributed by atoms with Gasteiger partial charge in [0.1, 0.15) is 5.82 Å². The normalized spacial score (nSPS) is 15.0. The first-order valence-electron chi connectivity index (χ1n) is 8.57. The summed E-state index contributed by atoms with van der Waals surface area (Å²) < 4.78 is 19.1. The summed E-state index contributed by atoms with van der Waals surface area (Å²) in [7, 11) is 0. The number of fused-ring (bicyclic) bond motifs is 1. The highest BCUT2D eigenvalue weighted by atomic mass is 19.1. The predicted octanol–water partition coefficient (Wildman–Crippen LogP) is 3.78. The van der Waals surface area contributed by atoms with Crippen LogP contribution in [0.5, 0.6) is 0 Å². The van der Waals surface area contributed by atoms with Crippen molar-refractivity contribution in [3.8, 4) is 11.4 Å². The van der Waals surface area contributed by atoms with Crippen molar-refractivity contribution in [3.63, 3.8) is 0 Å². The second-order valence-corrected chi connectivity index (χ2v) is 6.52. The zero-order valence-electron chi connectivity index (χ0n) is 14.2. The van der Waals surface area contributed by atoms with Gasteiger partial charge in [-0.15, -0.1) is 0 Å². The first-order valence-corrected chi connectivity index (χ1v) is 8.57. The number of halogens is 1. The SMILES string of the molecule is Cc1ccc(-c2noc(CN3CCc4ccccc4CC3)n2)cc1F. The number of hydrogen-bond donors (Lipinski definition) is 0. The molecule has 5 heteroatoms. The molecule has 1 aliphatic rings. The third kappa shape index (κ3) is 3.46. The summed E-state index contributed by atoms with van der Waals surface area (Å²) in [5, 5.41) is 4.01. The fourth-order valence-electron chi connectivity index (χ4n) is 3.23. The van der Waals surface area contributed by atoms with Crippen LogP contribution in [0, 0.1) is 12.7 Å². The average Bonchev–Trinajstić information content (AvgIpc) is 2.99. The maximum Gasteiger partial charge on any atom is 0.241 e. The molecule has 0 saturated carbocycles. The maximum absolute atomic E-state index is 13.7. The Morgan fingerprint density at radius 1 is 1.08 bits per heavy atom. The number of aromatic nitrogens is 2. The standard InChI is InChI=1S/C20H20FN3O/c1-14-6-7-17(12-18(14)21)20-22-19(25-23-20)13-24-10-8-15-4-2-3-5-16(15)9-11-24/h2-7,12H,8-11,13H2,1H3. The molecule has 4 rings (SSSR count). The molecule has 0 atom stereocenters. The fraction of sp³-hybridized carbons (Fsp3) is 0.300. The number of rotatable bonds is 3. The van der Waals surface area contributed by atoms with E-state index in [1.54, 1.807) is 13.0 Å². The molecule has 0 fully saturated rings. The molecule has 0 saturated heterocycles. The van der Waals surface area contributed by atoms with Crippen LogP contribution in [-0.4, -0.2) is 28.1 Å². The van der Waals surface area contributed by atoms with Crippen molar-refractivity contribution in [3.05, 3.63) is 70.9 Å². The first-order chi connectivity index (χ1) is 12.2. The predicted molar refractivity (Wildman–Crippen MR) is 93.6 cm³/mol. The molecule has 0 unspecified atom stereocenters. The van der Waals surface area contributed by atoms with Crippen molar-refractivity contribution < 1.29 is 8.91 Å². The van der Waals surface area contributed by atoms with E-state index in [9.17, 15) is 4.39 Å². The summed E-state index contributed by atoms with van der Waals surface area (Å²) >= 11 is 0. The smallest absolute Gasteiger partial charge is 0.241 e. The molecule has 128 valence electrons. The molecule has 2 heterocycles. The summed E-state index contributed by atoms with van der Waals surface area (Å²) in [4.78, 5) is 6.77. The van der Waals surface area contributed by atoms with E-state index in [-0.39, 0.29) is 5.82 Å². The summed E-state index contributed by atoms with van der Waals surface area (Å²) in [6.45, 7) is 4.29. The summed E-state index contributed by atoms with van der Waals surface area (Å²) in [5.41, 5.74) is 4.09. The van der Waals surface area contributed by atoms with Crippen molar-refractivity contribution in [2.75, 3.05) is 13.1 Å².